The van der Waals surface area contributed by atoms with Crippen molar-refractivity contribution in [2.24, 2.45) is 7.05 Å². The van der Waals surface area contributed by atoms with Crippen molar-refractivity contribution in [1.29, 1.82) is 0 Å². The Balaban J connectivity index is 1.74. The lowest BCUT2D eigenvalue weighted by atomic mass is 10.2. The van der Waals surface area contributed by atoms with E-state index in [-0.39, 0.29) is 17.0 Å². The summed E-state index contributed by atoms with van der Waals surface area (Å²) in [6, 6.07) is 15.5. The quantitative estimate of drug-likeness (QED) is 0.663. The molecule has 0 saturated carbocycles. The van der Waals surface area contributed by atoms with Gasteiger partial charge in [0.2, 0.25) is 5.91 Å². The zero-order chi connectivity index (χ0) is 18.5. The van der Waals surface area contributed by atoms with E-state index in [4.69, 9.17) is 0 Å². The van der Waals surface area contributed by atoms with Crippen molar-refractivity contribution in [2.75, 3.05) is 5.32 Å². The zero-order valence-corrected chi connectivity index (χ0v) is 15.3. The van der Waals surface area contributed by atoms with Crippen molar-refractivity contribution in [3.63, 3.8) is 0 Å². The molecule has 0 aliphatic carbocycles. The van der Waals surface area contributed by atoms with Gasteiger partial charge in [-0.3, -0.25) is 4.79 Å². The Labute approximate surface area is 155 Å². The highest BCUT2D eigenvalue weighted by atomic mass is 32.2. The predicted molar refractivity (Wildman–Crippen MR) is 101 cm³/mol. The third-order valence-electron chi connectivity index (χ3n) is 3.89. The van der Waals surface area contributed by atoms with E-state index in [0.717, 1.165) is 11.3 Å². The van der Waals surface area contributed by atoms with Crippen molar-refractivity contribution in [2.45, 2.75) is 23.8 Å². The van der Waals surface area contributed by atoms with E-state index in [1.54, 1.807) is 12.1 Å². The van der Waals surface area contributed by atoms with E-state index < -0.39 is 0 Å². The lowest BCUT2D eigenvalue weighted by Gasteiger charge is -2.14. The van der Waals surface area contributed by atoms with Crippen LogP contribution in [0.3, 0.4) is 0 Å². The molecule has 0 aliphatic rings. The number of aromatic nitrogens is 3. The van der Waals surface area contributed by atoms with E-state index in [9.17, 15) is 9.18 Å². The summed E-state index contributed by atoms with van der Waals surface area (Å²) < 4.78 is 14.9. The molecule has 3 aromatic rings. The molecule has 0 saturated heterocycles. The Morgan fingerprint density at radius 3 is 2.50 bits per heavy atom. The van der Waals surface area contributed by atoms with Crippen LogP contribution in [0.5, 0.6) is 0 Å². The summed E-state index contributed by atoms with van der Waals surface area (Å²) in [6.07, 6.45) is 0.655. The second kappa shape index (κ2) is 8.14. The Morgan fingerprint density at radius 2 is 1.85 bits per heavy atom. The van der Waals surface area contributed by atoms with Crippen LogP contribution < -0.4 is 5.32 Å². The first-order valence-electron chi connectivity index (χ1n) is 8.26. The number of amides is 1. The normalized spacial score (nSPS) is 12.0. The van der Waals surface area contributed by atoms with E-state index >= 15 is 0 Å². The van der Waals surface area contributed by atoms with Crippen molar-refractivity contribution >= 4 is 23.4 Å². The molecule has 0 fully saturated rings. The van der Waals surface area contributed by atoms with Gasteiger partial charge >= 0.3 is 0 Å². The van der Waals surface area contributed by atoms with Gasteiger partial charge < -0.3 is 9.88 Å². The highest BCUT2D eigenvalue weighted by Crippen LogP contribution is 2.28. The van der Waals surface area contributed by atoms with Crippen LogP contribution in [0.4, 0.5) is 10.1 Å². The standard InChI is InChI=1S/C19H19FN4OS/c1-3-16(18(25)21-15-7-5-4-6-8-15)26-19-23-22-17(24(19)2)13-9-11-14(20)12-10-13/h4-12,16H,3H2,1-2H3,(H,21,25)/t16-/m0/s1. The van der Waals surface area contributed by atoms with Crippen LogP contribution in [0.15, 0.2) is 59.8 Å². The molecule has 1 atom stereocenters. The summed E-state index contributed by atoms with van der Waals surface area (Å²) in [5, 5.41) is 11.6. The molecule has 0 aliphatic heterocycles. The van der Waals surface area contributed by atoms with Crippen LogP contribution in [-0.2, 0) is 11.8 Å². The van der Waals surface area contributed by atoms with Gasteiger partial charge in [0.25, 0.3) is 0 Å². The first-order chi connectivity index (χ1) is 12.6. The second-order valence-corrected chi connectivity index (χ2v) is 6.91. The number of halogens is 1. The number of rotatable bonds is 6. The summed E-state index contributed by atoms with van der Waals surface area (Å²) in [7, 11) is 1.84. The minimum atomic E-state index is -0.297. The second-order valence-electron chi connectivity index (χ2n) is 5.74. The molecule has 3 rings (SSSR count). The lowest BCUT2D eigenvalue weighted by Crippen LogP contribution is -2.24. The van der Waals surface area contributed by atoms with E-state index in [0.29, 0.717) is 17.4 Å². The van der Waals surface area contributed by atoms with Crippen LogP contribution in [0.1, 0.15) is 13.3 Å². The van der Waals surface area contributed by atoms with Gasteiger partial charge in [-0.2, -0.15) is 0 Å². The average molecular weight is 370 g/mol. The maximum Gasteiger partial charge on any atom is 0.237 e. The van der Waals surface area contributed by atoms with Crippen molar-refractivity contribution < 1.29 is 9.18 Å². The van der Waals surface area contributed by atoms with Gasteiger partial charge in [-0.15, -0.1) is 10.2 Å². The molecule has 0 unspecified atom stereocenters. The molecular formula is C19H19FN4OS. The summed E-state index contributed by atoms with van der Waals surface area (Å²) in [4.78, 5) is 12.5. The molecule has 1 heterocycles. The molecule has 2 aromatic carbocycles. The molecule has 0 radical (unpaired) electrons. The topological polar surface area (TPSA) is 59.8 Å². The number of nitrogens with one attached hydrogen (secondary N) is 1. The fraction of sp³-hybridized carbons (Fsp3) is 0.211. The van der Waals surface area contributed by atoms with Crippen LogP contribution in [0, 0.1) is 5.82 Å². The smallest absolute Gasteiger partial charge is 0.237 e. The van der Waals surface area contributed by atoms with Crippen LogP contribution >= 0.6 is 11.8 Å². The fourth-order valence-corrected chi connectivity index (χ4v) is 3.38. The Morgan fingerprint density at radius 1 is 1.15 bits per heavy atom. The molecule has 0 spiro atoms. The van der Waals surface area contributed by atoms with Gasteiger partial charge in [0, 0.05) is 18.3 Å². The highest BCUT2D eigenvalue weighted by Gasteiger charge is 2.22. The van der Waals surface area contributed by atoms with Crippen LogP contribution in [0.2, 0.25) is 0 Å². The van der Waals surface area contributed by atoms with Crippen LogP contribution in [0.25, 0.3) is 11.4 Å². The minimum absolute atomic E-state index is 0.0740. The van der Waals surface area contributed by atoms with Gasteiger partial charge in [-0.25, -0.2) is 4.39 Å². The number of anilines is 1. The summed E-state index contributed by atoms with van der Waals surface area (Å²) in [5.41, 5.74) is 1.54. The molecule has 26 heavy (non-hydrogen) atoms. The first-order valence-corrected chi connectivity index (χ1v) is 9.14. The predicted octanol–water partition coefficient (Wildman–Crippen LogP) is 4.13. The average Bonchev–Trinajstić information content (AvgIpc) is 3.01. The lowest BCUT2D eigenvalue weighted by molar-refractivity contribution is -0.115. The number of hydrogen-bond donors (Lipinski definition) is 1. The van der Waals surface area contributed by atoms with Crippen molar-refractivity contribution in [1.82, 2.24) is 14.8 Å². The van der Waals surface area contributed by atoms with Gasteiger partial charge in [-0.05, 0) is 42.8 Å². The molecule has 0 bridgehead atoms. The Hall–Kier alpha value is -2.67. The van der Waals surface area contributed by atoms with E-state index in [1.165, 1.54) is 23.9 Å². The molecule has 7 heteroatoms. The number of hydrogen-bond acceptors (Lipinski definition) is 4. The SMILES string of the molecule is CC[C@H](Sc1nnc(-c2ccc(F)cc2)n1C)C(=O)Nc1ccccc1. The molecule has 1 N–H and O–H groups in total. The first kappa shape index (κ1) is 18.1. The van der Waals surface area contributed by atoms with E-state index in [1.807, 2.05) is 48.9 Å². The molecule has 1 aromatic heterocycles. The maximum absolute atomic E-state index is 13.1. The molecule has 5 nitrogen and oxygen atoms in total. The van der Waals surface area contributed by atoms with Gasteiger partial charge in [-0.1, -0.05) is 36.9 Å². The molecular weight excluding hydrogens is 351 g/mol. The fourth-order valence-electron chi connectivity index (χ4n) is 2.46. The highest BCUT2D eigenvalue weighted by molar-refractivity contribution is 8.00. The minimum Gasteiger partial charge on any atom is -0.325 e. The number of carbonyl (C=O) groups excluding carboxylic acids is 1. The third-order valence-corrected chi connectivity index (χ3v) is 5.29. The van der Waals surface area contributed by atoms with Crippen molar-refractivity contribution in [3.8, 4) is 11.4 Å². The third kappa shape index (κ3) is 4.11. The van der Waals surface area contributed by atoms with Gasteiger partial charge in [0.1, 0.15) is 5.82 Å². The number of benzene rings is 2. The molecule has 1 amide bonds. The Kier molecular flexibility index (Phi) is 5.68. The largest absolute Gasteiger partial charge is 0.325 e. The zero-order valence-electron chi connectivity index (χ0n) is 14.5. The summed E-state index contributed by atoms with van der Waals surface area (Å²) in [5.74, 6) is 0.259. The number of thioether (sulfide) groups is 1. The van der Waals surface area contributed by atoms with E-state index in [2.05, 4.69) is 15.5 Å². The Bertz CT molecular complexity index is 880. The summed E-state index contributed by atoms with van der Waals surface area (Å²) in [6.45, 7) is 1.96. The van der Waals surface area contributed by atoms with Crippen LogP contribution in [-0.4, -0.2) is 25.9 Å². The van der Waals surface area contributed by atoms with Crippen molar-refractivity contribution in [3.05, 3.63) is 60.4 Å². The van der Waals surface area contributed by atoms with Gasteiger partial charge in [0.05, 0.1) is 5.25 Å². The maximum atomic E-state index is 13.1. The van der Waals surface area contributed by atoms with Gasteiger partial charge in [0.15, 0.2) is 11.0 Å². The molecule has 134 valence electrons. The summed E-state index contributed by atoms with van der Waals surface area (Å²) >= 11 is 1.36. The number of nitrogens with zero attached hydrogens (tertiary/aromatic N) is 3. The number of carbonyl (C=O) groups is 1. The number of para-hydroxylation sites is 1. The monoisotopic (exact) mass is 370 g/mol.